The first kappa shape index (κ1) is 14.1. The number of thiophene rings is 1. The second-order valence-corrected chi connectivity index (χ2v) is 6.06. The van der Waals surface area contributed by atoms with Crippen LogP contribution in [0.1, 0.15) is 36.4 Å². The predicted octanol–water partition coefficient (Wildman–Crippen LogP) is 1.94. The number of aryl methyl sites for hydroxylation is 1. The van der Waals surface area contributed by atoms with Gasteiger partial charge in [0, 0.05) is 23.2 Å². The average molecular weight is 280 g/mol. The zero-order chi connectivity index (χ0) is 13.8. The lowest BCUT2D eigenvalue weighted by Gasteiger charge is -2.22. The third-order valence-electron chi connectivity index (χ3n) is 3.46. The second-order valence-electron chi connectivity index (χ2n) is 4.81. The van der Waals surface area contributed by atoms with E-state index < -0.39 is 0 Å². The fourth-order valence-corrected chi connectivity index (χ4v) is 3.31. The number of hydrogen-bond donors (Lipinski definition) is 1. The Kier molecular flexibility index (Phi) is 4.58. The molecule has 0 saturated carbocycles. The molecule has 1 aromatic rings. The predicted molar refractivity (Wildman–Crippen MR) is 76.0 cm³/mol. The van der Waals surface area contributed by atoms with Crippen LogP contribution in [0, 0.1) is 0 Å². The number of carbonyl (C=O) groups excluding carboxylic acids is 2. The summed E-state index contributed by atoms with van der Waals surface area (Å²) in [5.41, 5.74) is 0. The van der Waals surface area contributed by atoms with Crippen molar-refractivity contribution in [1.29, 1.82) is 0 Å². The highest BCUT2D eigenvalue weighted by atomic mass is 32.1. The highest BCUT2D eigenvalue weighted by Crippen LogP contribution is 2.19. The van der Waals surface area contributed by atoms with Crippen molar-refractivity contribution in [2.45, 2.75) is 45.7 Å². The summed E-state index contributed by atoms with van der Waals surface area (Å²) < 4.78 is 0. The largest absolute Gasteiger partial charge is 0.349 e. The lowest BCUT2D eigenvalue weighted by molar-refractivity contribution is -0.136. The quantitative estimate of drug-likeness (QED) is 0.916. The average Bonchev–Trinajstić information content (AvgIpc) is 3.04. The fraction of sp³-hybridized carbons (Fsp3) is 0.571. The van der Waals surface area contributed by atoms with Crippen molar-refractivity contribution in [2.24, 2.45) is 0 Å². The van der Waals surface area contributed by atoms with Gasteiger partial charge in [-0.15, -0.1) is 11.3 Å². The third kappa shape index (κ3) is 3.35. The van der Waals surface area contributed by atoms with Crippen LogP contribution < -0.4 is 5.32 Å². The summed E-state index contributed by atoms with van der Waals surface area (Å²) in [6, 6.07) is 3.88. The minimum absolute atomic E-state index is 0.0120. The van der Waals surface area contributed by atoms with Crippen LogP contribution in [0.5, 0.6) is 0 Å². The minimum atomic E-state index is -0.275. The van der Waals surface area contributed by atoms with Crippen molar-refractivity contribution in [3.05, 3.63) is 21.9 Å². The SMILES string of the molecule is CCc1ccc(CNC(=O)C2CCCN2C(C)=O)s1. The number of amides is 2. The summed E-state index contributed by atoms with van der Waals surface area (Å²) in [5, 5.41) is 2.94. The van der Waals surface area contributed by atoms with Crippen molar-refractivity contribution in [3.8, 4) is 0 Å². The normalized spacial score (nSPS) is 18.6. The van der Waals surface area contributed by atoms with Crippen LogP contribution in [0.2, 0.25) is 0 Å². The maximum Gasteiger partial charge on any atom is 0.243 e. The van der Waals surface area contributed by atoms with Gasteiger partial charge in [0.05, 0.1) is 6.54 Å². The van der Waals surface area contributed by atoms with Crippen LogP contribution in [0.15, 0.2) is 12.1 Å². The molecule has 104 valence electrons. The van der Waals surface area contributed by atoms with Gasteiger partial charge in [-0.1, -0.05) is 6.92 Å². The third-order valence-corrected chi connectivity index (χ3v) is 4.69. The number of nitrogens with one attached hydrogen (secondary N) is 1. The van der Waals surface area contributed by atoms with Crippen LogP contribution in [-0.4, -0.2) is 29.3 Å². The summed E-state index contributed by atoms with van der Waals surface area (Å²) in [4.78, 5) is 27.7. The number of carbonyl (C=O) groups is 2. The van der Waals surface area contributed by atoms with Crippen molar-refractivity contribution < 1.29 is 9.59 Å². The molecule has 0 bridgehead atoms. The van der Waals surface area contributed by atoms with Gasteiger partial charge in [-0.25, -0.2) is 0 Å². The van der Waals surface area contributed by atoms with E-state index in [0.29, 0.717) is 13.1 Å². The molecule has 0 radical (unpaired) electrons. The Morgan fingerprint density at radius 1 is 1.42 bits per heavy atom. The minimum Gasteiger partial charge on any atom is -0.349 e. The van der Waals surface area contributed by atoms with E-state index in [9.17, 15) is 9.59 Å². The molecule has 0 aliphatic carbocycles. The molecule has 1 N–H and O–H groups in total. The summed E-state index contributed by atoms with van der Waals surface area (Å²) >= 11 is 1.73. The smallest absolute Gasteiger partial charge is 0.243 e. The van der Waals surface area contributed by atoms with Gasteiger partial charge in [-0.3, -0.25) is 9.59 Å². The first-order chi connectivity index (χ1) is 9.11. The molecule has 1 atom stereocenters. The van der Waals surface area contributed by atoms with Crippen LogP contribution >= 0.6 is 11.3 Å². The molecule has 2 heterocycles. The molecule has 19 heavy (non-hydrogen) atoms. The van der Waals surface area contributed by atoms with E-state index in [1.54, 1.807) is 16.2 Å². The van der Waals surface area contributed by atoms with E-state index in [1.807, 2.05) is 0 Å². The molecule has 0 aromatic carbocycles. The number of likely N-dealkylation sites (tertiary alicyclic amines) is 1. The summed E-state index contributed by atoms with van der Waals surface area (Å²) in [6.07, 6.45) is 2.71. The Morgan fingerprint density at radius 3 is 2.79 bits per heavy atom. The Bertz CT molecular complexity index is 470. The lowest BCUT2D eigenvalue weighted by atomic mass is 10.2. The van der Waals surface area contributed by atoms with E-state index >= 15 is 0 Å². The molecule has 1 saturated heterocycles. The number of hydrogen-bond acceptors (Lipinski definition) is 3. The maximum atomic E-state index is 12.1. The summed E-state index contributed by atoms with van der Waals surface area (Å²) in [6.45, 7) is 4.91. The maximum absolute atomic E-state index is 12.1. The van der Waals surface area contributed by atoms with Gasteiger partial charge >= 0.3 is 0 Å². The molecule has 1 fully saturated rings. The van der Waals surface area contributed by atoms with Gasteiger partial charge in [-0.2, -0.15) is 0 Å². The van der Waals surface area contributed by atoms with Gasteiger partial charge in [0.1, 0.15) is 6.04 Å². The monoisotopic (exact) mass is 280 g/mol. The zero-order valence-corrected chi connectivity index (χ0v) is 12.3. The zero-order valence-electron chi connectivity index (χ0n) is 11.4. The molecule has 5 heteroatoms. The molecule has 0 spiro atoms. The molecule has 4 nitrogen and oxygen atoms in total. The summed E-state index contributed by atoms with van der Waals surface area (Å²) in [7, 11) is 0. The first-order valence-electron chi connectivity index (χ1n) is 6.74. The Labute approximate surface area is 117 Å². The highest BCUT2D eigenvalue weighted by Gasteiger charge is 2.31. The Morgan fingerprint density at radius 2 is 2.16 bits per heavy atom. The van der Waals surface area contributed by atoms with E-state index in [4.69, 9.17) is 0 Å². The Balaban J connectivity index is 1.88. The summed E-state index contributed by atoms with van der Waals surface area (Å²) in [5.74, 6) is -0.0406. The van der Waals surface area contributed by atoms with Gasteiger partial charge < -0.3 is 10.2 Å². The topological polar surface area (TPSA) is 49.4 Å². The van der Waals surface area contributed by atoms with Crippen molar-refractivity contribution in [3.63, 3.8) is 0 Å². The number of rotatable bonds is 4. The molecular formula is C14H20N2O2S. The molecule has 1 aliphatic heterocycles. The van der Waals surface area contributed by atoms with Crippen LogP contribution in [0.3, 0.4) is 0 Å². The van der Waals surface area contributed by atoms with E-state index in [0.717, 1.165) is 24.1 Å². The number of nitrogens with zero attached hydrogens (tertiary/aromatic N) is 1. The molecule has 2 rings (SSSR count). The van der Waals surface area contributed by atoms with Gasteiger partial charge in [0.2, 0.25) is 11.8 Å². The van der Waals surface area contributed by atoms with Crippen LogP contribution in [0.4, 0.5) is 0 Å². The van der Waals surface area contributed by atoms with E-state index in [1.165, 1.54) is 11.8 Å². The Hall–Kier alpha value is -1.36. The molecule has 1 aliphatic rings. The van der Waals surface area contributed by atoms with E-state index in [-0.39, 0.29) is 17.9 Å². The van der Waals surface area contributed by atoms with Gasteiger partial charge in [-0.05, 0) is 31.4 Å². The first-order valence-corrected chi connectivity index (χ1v) is 7.56. The van der Waals surface area contributed by atoms with Gasteiger partial charge in [0.15, 0.2) is 0 Å². The van der Waals surface area contributed by atoms with E-state index in [2.05, 4.69) is 24.4 Å². The standard InChI is InChI=1S/C14H20N2O2S/c1-3-11-6-7-12(19-11)9-15-14(18)13-5-4-8-16(13)10(2)17/h6-7,13H,3-5,8-9H2,1-2H3,(H,15,18). The molecule has 1 aromatic heterocycles. The highest BCUT2D eigenvalue weighted by molar-refractivity contribution is 7.11. The van der Waals surface area contributed by atoms with Crippen molar-refractivity contribution in [1.82, 2.24) is 10.2 Å². The fourth-order valence-electron chi connectivity index (χ4n) is 2.42. The van der Waals surface area contributed by atoms with Crippen molar-refractivity contribution >= 4 is 23.2 Å². The second kappa shape index (κ2) is 6.19. The van der Waals surface area contributed by atoms with Gasteiger partial charge in [0.25, 0.3) is 0 Å². The molecule has 1 unspecified atom stereocenters. The van der Waals surface area contributed by atoms with Crippen molar-refractivity contribution in [2.75, 3.05) is 6.54 Å². The van der Waals surface area contributed by atoms with Crippen LogP contribution in [-0.2, 0) is 22.6 Å². The molecule has 2 amide bonds. The lowest BCUT2D eigenvalue weighted by Crippen LogP contribution is -2.44. The molecular weight excluding hydrogens is 260 g/mol. The van der Waals surface area contributed by atoms with Crippen LogP contribution in [0.25, 0.3) is 0 Å².